The van der Waals surface area contributed by atoms with Crippen LogP contribution in [0.5, 0.6) is 0 Å². The number of hydrogen-bond donors (Lipinski definition) is 3. The summed E-state index contributed by atoms with van der Waals surface area (Å²) in [6.45, 7) is 4.33. The predicted octanol–water partition coefficient (Wildman–Crippen LogP) is 15.6. The Morgan fingerprint density at radius 2 is 0.778 bits per heavy atom. The number of carbonyl (C=O) groups is 1. The average molecular weight is 760 g/mol. The summed E-state index contributed by atoms with van der Waals surface area (Å²) in [5, 5.41) is 23.2. The van der Waals surface area contributed by atoms with E-state index in [4.69, 9.17) is 0 Å². The average Bonchev–Trinajstić information content (AvgIpc) is 3.18. The van der Waals surface area contributed by atoms with Crippen molar-refractivity contribution in [2.75, 3.05) is 6.61 Å². The van der Waals surface area contributed by atoms with Crippen LogP contribution in [0.25, 0.3) is 0 Å². The second kappa shape index (κ2) is 46.3. The Morgan fingerprint density at radius 3 is 1.17 bits per heavy atom. The molecule has 0 fully saturated rings. The first-order valence-electron chi connectivity index (χ1n) is 24.5. The molecular weight excluding hydrogens is 663 g/mol. The third-order valence-electron chi connectivity index (χ3n) is 11.5. The lowest BCUT2D eigenvalue weighted by molar-refractivity contribution is -0.123. The summed E-state index contributed by atoms with van der Waals surface area (Å²) in [7, 11) is 0. The van der Waals surface area contributed by atoms with Gasteiger partial charge in [-0.1, -0.05) is 250 Å². The minimum absolute atomic E-state index is 0.0431. The summed E-state index contributed by atoms with van der Waals surface area (Å²) in [5.74, 6) is -0.0431. The van der Waals surface area contributed by atoms with E-state index in [0.717, 1.165) is 44.9 Å². The SMILES string of the molecule is CCCC/C=C\C/C=C\CCCCCCCC(=O)NC(CO)C(O)CCCCCCCCCCCCCCCCCCCCCCCCCCCCCC. The zero-order chi connectivity index (χ0) is 39.3. The van der Waals surface area contributed by atoms with Crippen LogP contribution in [0.2, 0.25) is 0 Å². The highest BCUT2D eigenvalue weighted by atomic mass is 16.3. The number of carbonyl (C=O) groups excluding carboxylic acids is 1. The maximum Gasteiger partial charge on any atom is 0.220 e. The number of allylic oxidation sites excluding steroid dienone is 4. The third kappa shape index (κ3) is 42.0. The molecule has 0 bridgehead atoms. The van der Waals surface area contributed by atoms with Crippen molar-refractivity contribution >= 4 is 5.91 Å². The topological polar surface area (TPSA) is 69.6 Å². The second-order valence-corrected chi connectivity index (χ2v) is 16.9. The maximum atomic E-state index is 12.4. The molecule has 320 valence electrons. The quantitative estimate of drug-likeness (QED) is 0.0428. The van der Waals surface area contributed by atoms with Crippen molar-refractivity contribution in [1.29, 1.82) is 0 Å². The molecule has 3 N–H and O–H groups in total. The summed E-state index contributed by atoms with van der Waals surface area (Å²) < 4.78 is 0. The summed E-state index contributed by atoms with van der Waals surface area (Å²) >= 11 is 0. The molecule has 0 aromatic rings. The molecule has 0 heterocycles. The molecule has 0 aliphatic carbocycles. The van der Waals surface area contributed by atoms with E-state index >= 15 is 0 Å². The van der Waals surface area contributed by atoms with Crippen molar-refractivity contribution in [2.45, 2.75) is 283 Å². The molecule has 0 aliphatic rings. The van der Waals surface area contributed by atoms with Crippen LogP contribution >= 0.6 is 0 Å². The van der Waals surface area contributed by atoms with E-state index in [1.54, 1.807) is 0 Å². The minimum atomic E-state index is -0.664. The number of unbranched alkanes of at least 4 members (excludes halogenated alkanes) is 34. The van der Waals surface area contributed by atoms with Gasteiger partial charge in [-0.3, -0.25) is 4.79 Å². The lowest BCUT2D eigenvalue weighted by Gasteiger charge is -2.22. The summed E-state index contributed by atoms with van der Waals surface area (Å²) in [4.78, 5) is 12.4. The molecule has 0 spiro atoms. The summed E-state index contributed by atoms with van der Waals surface area (Å²) in [6, 6.07) is -0.542. The van der Waals surface area contributed by atoms with Crippen molar-refractivity contribution in [1.82, 2.24) is 5.32 Å². The Kier molecular flexibility index (Phi) is 45.3. The normalized spacial score (nSPS) is 13.0. The van der Waals surface area contributed by atoms with E-state index in [1.807, 2.05) is 0 Å². The Balaban J connectivity index is 3.43. The molecule has 0 aromatic carbocycles. The fraction of sp³-hybridized carbons (Fsp3) is 0.900. The van der Waals surface area contributed by atoms with Crippen molar-refractivity contribution < 1.29 is 15.0 Å². The highest BCUT2D eigenvalue weighted by molar-refractivity contribution is 5.76. The Labute approximate surface area is 339 Å². The highest BCUT2D eigenvalue weighted by Gasteiger charge is 2.20. The van der Waals surface area contributed by atoms with Crippen LogP contribution in [0.3, 0.4) is 0 Å². The van der Waals surface area contributed by atoms with E-state index in [0.29, 0.717) is 12.8 Å². The first kappa shape index (κ1) is 52.9. The number of nitrogens with one attached hydrogen (secondary N) is 1. The molecule has 0 radical (unpaired) electrons. The van der Waals surface area contributed by atoms with Gasteiger partial charge >= 0.3 is 0 Å². The standard InChI is InChI=1S/C50H97NO3/c1-3-5-7-9-11-13-15-17-19-20-21-22-23-24-25-26-27-28-29-30-31-32-33-35-37-39-41-43-45-49(53)48(47-52)51-50(54)46-44-42-40-38-36-34-18-16-14-12-10-8-6-4-2/h10,12,16,18,48-49,52-53H,3-9,11,13-15,17,19-47H2,1-2H3,(H,51,54)/b12-10-,18-16-. The van der Waals surface area contributed by atoms with Gasteiger partial charge in [-0.15, -0.1) is 0 Å². The van der Waals surface area contributed by atoms with Gasteiger partial charge in [-0.2, -0.15) is 0 Å². The molecule has 4 nitrogen and oxygen atoms in total. The molecule has 1 amide bonds. The first-order valence-corrected chi connectivity index (χ1v) is 24.5. The van der Waals surface area contributed by atoms with Crippen LogP contribution in [0, 0.1) is 0 Å². The first-order chi connectivity index (χ1) is 26.7. The zero-order valence-electron chi connectivity index (χ0n) is 36.8. The van der Waals surface area contributed by atoms with Crippen molar-refractivity contribution in [3.05, 3.63) is 24.3 Å². The largest absolute Gasteiger partial charge is 0.394 e. The van der Waals surface area contributed by atoms with Gasteiger partial charge in [0.25, 0.3) is 0 Å². The zero-order valence-corrected chi connectivity index (χ0v) is 36.8. The van der Waals surface area contributed by atoms with Crippen LogP contribution in [0.1, 0.15) is 271 Å². The van der Waals surface area contributed by atoms with E-state index in [1.165, 1.54) is 199 Å². The lowest BCUT2D eigenvalue weighted by atomic mass is 10.0. The summed E-state index contributed by atoms with van der Waals surface area (Å²) in [6.07, 6.45) is 60.0. The fourth-order valence-electron chi connectivity index (χ4n) is 7.67. The molecule has 0 rings (SSSR count). The number of rotatable bonds is 45. The van der Waals surface area contributed by atoms with Crippen molar-refractivity contribution in [2.24, 2.45) is 0 Å². The van der Waals surface area contributed by atoms with Crippen LogP contribution in [-0.2, 0) is 4.79 Å². The predicted molar refractivity (Wildman–Crippen MR) is 239 cm³/mol. The van der Waals surface area contributed by atoms with Gasteiger partial charge in [0.15, 0.2) is 0 Å². The Bertz CT molecular complexity index is 780. The molecule has 2 atom stereocenters. The van der Waals surface area contributed by atoms with Gasteiger partial charge in [0, 0.05) is 6.42 Å². The van der Waals surface area contributed by atoms with E-state index in [2.05, 4.69) is 43.5 Å². The van der Waals surface area contributed by atoms with Gasteiger partial charge in [0.2, 0.25) is 5.91 Å². The smallest absolute Gasteiger partial charge is 0.220 e. The Hall–Kier alpha value is -1.13. The lowest BCUT2D eigenvalue weighted by Crippen LogP contribution is -2.45. The molecule has 0 saturated carbocycles. The molecule has 0 saturated heterocycles. The van der Waals surface area contributed by atoms with Crippen LogP contribution in [0.4, 0.5) is 0 Å². The molecule has 0 aliphatic heterocycles. The van der Waals surface area contributed by atoms with Crippen LogP contribution < -0.4 is 5.32 Å². The van der Waals surface area contributed by atoms with Gasteiger partial charge in [0.1, 0.15) is 0 Å². The third-order valence-corrected chi connectivity index (χ3v) is 11.5. The summed E-state index contributed by atoms with van der Waals surface area (Å²) in [5.41, 5.74) is 0. The number of aliphatic hydroxyl groups is 2. The van der Waals surface area contributed by atoms with Crippen molar-refractivity contribution in [3.63, 3.8) is 0 Å². The van der Waals surface area contributed by atoms with Crippen LogP contribution in [-0.4, -0.2) is 34.9 Å². The minimum Gasteiger partial charge on any atom is -0.394 e. The maximum absolute atomic E-state index is 12.4. The molecule has 4 heteroatoms. The van der Waals surface area contributed by atoms with E-state index in [9.17, 15) is 15.0 Å². The van der Waals surface area contributed by atoms with Gasteiger partial charge in [-0.05, 0) is 38.5 Å². The second-order valence-electron chi connectivity index (χ2n) is 16.9. The van der Waals surface area contributed by atoms with E-state index < -0.39 is 12.1 Å². The number of aliphatic hydroxyl groups excluding tert-OH is 2. The number of hydrogen-bond acceptors (Lipinski definition) is 3. The molecule has 0 aromatic heterocycles. The van der Waals surface area contributed by atoms with E-state index in [-0.39, 0.29) is 12.5 Å². The van der Waals surface area contributed by atoms with Gasteiger partial charge < -0.3 is 15.5 Å². The van der Waals surface area contributed by atoms with Gasteiger partial charge in [0.05, 0.1) is 18.8 Å². The molecule has 2 unspecified atom stereocenters. The fourth-order valence-corrected chi connectivity index (χ4v) is 7.67. The Morgan fingerprint density at radius 1 is 0.444 bits per heavy atom. The monoisotopic (exact) mass is 760 g/mol. The molecular formula is C50H97NO3. The number of amides is 1. The molecule has 54 heavy (non-hydrogen) atoms. The van der Waals surface area contributed by atoms with Crippen LogP contribution in [0.15, 0.2) is 24.3 Å². The van der Waals surface area contributed by atoms with Crippen molar-refractivity contribution in [3.8, 4) is 0 Å². The highest BCUT2D eigenvalue weighted by Crippen LogP contribution is 2.17. The van der Waals surface area contributed by atoms with Gasteiger partial charge in [-0.25, -0.2) is 0 Å².